The van der Waals surface area contributed by atoms with Crippen LogP contribution in [0, 0.1) is 23.7 Å². The Morgan fingerprint density at radius 2 is 1.42 bits per heavy atom. The molecule has 0 spiro atoms. The van der Waals surface area contributed by atoms with Crippen molar-refractivity contribution in [3.05, 3.63) is 0 Å². The highest BCUT2D eigenvalue weighted by molar-refractivity contribution is 7.92. The Morgan fingerprint density at radius 1 is 0.778 bits per heavy atom. The zero-order chi connectivity index (χ0) is 25.5. The number of nitrogens with zero attached hydrogens (tertiary/aromatic N) is 1. The molecular weight excluding hydrogens is 472 g/mol. The SMILES string of the molecule is CCCN(CC1CCCCC1)C(=O)C1CCC(NC(=O)CC2CCC(S(=O)(=O)CC3CC3)CC2)CC1. The van der Waals surface area contributed by atoms with Crippen LogP contribution in [-0.4, -0.2) is 55.3 Å². The number of rotatable bonds is 11. The third-order valence-corrected chi connectivity index (χ3v) is 11.8. The molecule has 0 saturated heterocycles. The van der Waals surface area contributed by atoms with Gasteiger partial charge in [-0.05, 0) is 101 Å². The Labute approximate surface area is 219 Å². The summed E-state index contributed by atoms with van der Waals surface area (Å²) in [4.78, 5) is 28.2. The van der Waals surface area contributed by atoms with Crippen LogP contribution in [0.1, 0.15) is 116 Å². The predicted octanol–water partition coefficient (Wildman–Crippen LogP) is 5.25. The normalized spacial score (nSPS) is 30.0. The van der Waals surface area contributed by atoms with Crippen molar-refractivity contribution < 1.29 is 18.0 Å². The number of nitrogens with one attached hydrogen (secondary N) is 1. The average molecular weight is 523 g/mol. The molecule has 4 fully saturated rings. The number of amides is 2. The summed E-state index contributed by atoms with van der Waals surface area (Å²) in [6.07, 6.45) is 16.8. The summed E-state index contributed by atoms with van der Waals surface area (Å²) < 4.78 is 25.1. The molecule has 4 aliphatic carbocycles. The van der Waals surface area contributed by atoms with Gasteiger partial charge in [-0.3, -0.25) is 9.59 Å². The molecule has 4 aliphatic rings. The first-order valence-electron chi connectivity index (χ1n) is 15.1. The maximum absolute atomic E-state index is 13.3. The van der Waals surface area contributed by atoms with E-state index in [0.717, 1.165) is 83.7 Å². The van der Waals surface area contributed by atoms with Crippen molar-refractivity contribution in [1.29, 1.82) is 0 Å². The Kier molecular flexibility index (Phi) is 10.2. The van der Waals surface area contributed by atoms with Gasteiger partial charge in [0.05, 0.1) is 11.0 Å². The van der Waals surface area contributed by atoms with Gasteiger partial charge >= 0.3 is 0 Å². The number of hydrogen-bond acceptors (Lipinski definition) is 4. The van der Waals surface area contributed by atoms with Gasteiger partial charge in [-0.1, -0.05) is 26.2 Å². The van der Waals surface area contributed by atoms with Crippen LogP contribution in [0.25, 0.3) is 0 Å². The second kappa shape index (κ2) is 13.1. The van der Waals surface area contributed by atoms with Crippen LogP contribution >= 0.6 is 0 Å². The molecule has 0 aliphatic heterocycles. The van der Waals surface area contributed by atoms with E-state index >= 15 is 0 Å². The summed E-state index contributed by atoms with van der Waals surface area (Å²) in [6, 6.07) is 0.176. The molecule has 0 atom stereocenters. The van der Waals surface area contributed by atoms with Crippen molar-refractivity contribution in [3.63, 3.8) is 0 Å². The van der Waals surface area contributed by atoms with Crippen molar-refractivity contribution in [2.24, 2.45) is 23.7 Å². The second-order valence-electron chi connectivity index (χ2n) is 12.5. The fourth-order valence-corrected chi connectivity index (χ4v) is 9.23. The van der Waals surface area contributed by atoms with E-state index in [1.54, 1.807) is 0 Å². The molecule has 0 aromatic heterocycles. The molecule has 4 rings (SSSR count). The molecule has 0 bridgehead atoms. The van der Waals surface area contributed by atoms with Gasteiger partial charge in [0.15, 0.2) is 9.84 Å². The maximum atomic E-state index is 13.3. The molecule has 1 N–H and O–H groups in total. The van der Waals surface area contributed by atoms with Crippen molar-refractivity contribution in [1.82, 2.24) is 10.2 Å². The largest absolute Gasteiger partial charge is 0.353 e. The van der Waals surface area contributed by atoms with Crippen LogP contribution in [0.3, 0.4) is 0 Å². The topological polar surface area (TPSA) is 83.6 Å². The van der Waals surface area contributed by atoms with Crippen molar-refractivity contribution in [2.75, 3.05) is 18.8 Å². The van der Waals surface area contributed by atoms with Gasteiger partial charge in [-0.2, -0.15) is 0 Å². The van der Waals surface area contributed by atoms with Gasteiger partial charge in [0.1, 0.15) is 0 Å². The van der Waals surface area contributed by atoms with E-state index in [1.807, 2.05) is 0 Å². The fourth-order valence-electron chi connectivity index (χ4n) is 6.98. The Bertz CT molecular complexity index is 818. The van der Waals surface area contributed by atoms with E-state index < -0.39 is 9.84 Å². The van der Waals surface area contributed by atoms with Crippen LogP contribution in [0.4, 0.5) is 0 Å². The Hall–Kier alpha value is -1.11. The van der Waals surface area contributed by atoms with Crippen molar-refractivity contribution in [3.8, 4) is 0 Å². The highest BCUT2D eigenvalue weighted by atomic mass is 32.2. The summed E-state index contributed by atoms with van der Waals surface area (Å²) in [5.74, 6) is 2.34. The minimum absolute atomic E-state index is 0.110. The molecule has 36 heavy (non-hydrogen) atoms. The first-order valence-corrected chi connectivity index (χ1v) is 16.8. The van der Waals surface area contributed by atoms with Gasteiger partial charge in [-0.15, -0.1) is 0 Å². The fraction of sp³-hybridized carbons (Fsp3) is 0.931. The smallest absolute Gasteiger partial charge is 0.225 e. The van der Waals surface area contributed by atoms with Gasteiger partial charge < -0.3 is 10.2 Å². The van der Waals surface area contributed by atoms with Gasteiger partial charge in [0.25, 0.3) is 0 Å². The van der Waals surface area contributed by atoms with E-state index in [-0.39, 0.29) is 23.1 Å². The molecule has 0 unspecified atom stereocenters. The quantitative estimate of drug-likeness (QED) is 0.401. The molecule has 6 nitrogen and oxygen atoms in total. The van der Waals surface area contributed by atoms with E-state index in [1.165, 1.54) is 32.1 Å². The highest BCUT2D eigenvalue weighted by Gasteiger charge is 2.36. The zero-order valence-electron chi connectivity index (χ0n) is 22.6. The molecule has 206 valence electrons. The third-order valence-electron chi connectivity index (χ3n) is 9.39. The standard InChI is InChI=1S/C29H50N2O4S/c1-2-18-31(20-23-6-4-3-5-7-23)29(33)25-12-14-26(15-13-25)30-28(32)19-22-10-16-27(17-11-22)36(34,35)21-24-8-9-24/h22-27H,2-21H2,1H3,(H,30,32). The summed E-state index contributed by atoms with van der Waals surface area (Å²) >= 11 is 0. The average Bonchev–Trinajstić information content (AvgIpc) is 3.68. The molecule has 0 radical (unpaired) electrons. The molecule has 4 saturated carbocycles. The predicted molar refractivity (Wildman–Crippen MR) is 144 cm³/mol. The molecule has 7 heteroatoms. The van der Waals surface area contributed by atoms with Crippen LogP contribution in [0.2, 0.25) is 0 Å². The van der Waals surface area contributed by atoms with E-state index in [2.05, 4.69) is 17.1 Å². The minimum atomic E-state index is -2.96. The summed E-state index contributed by atoms with van der Waals surface area (Å²) in [5, 5.41) is 3.05. The van der Waals surface area contributed by atoms with E-state index in [0.29, 0.717) is 35.8 Å². The van der Waals surface area contributed by atoms with Crippen molar-refractivity contribution >= 4 is 21.7 Å². The van der Waals surface area contributed by atoms with Crippen LogP contribution in [0.15, 0.2) is 0 Å². The number of carbonyl (C=O) groups is 2. The lowest BCUT2D eigenvalue weighted by molar-refractivity contribution is -0.137. The first-order chi connectivity index (χ1) is 17.3. The lowest BCUT2D eigenvalue weighted by Gasteiger charge is -2.35. The lowest BCUT2D eigenvalue weighted by Crippen LogP contribution is -2.44. The minimum Gasteiger partial charge on any atom is -0.353 e. The van der Waals surface area contributed by atoms with E-state index in [4.69, 9.17) is 0 Å². The second-order valence-corrected chi connectivity index (χ2v) is 14.8. The number of hydrogen-bond donors (Lipinski definition) is 1. The monoisotopic (exact) mass is 522 g/mol. The number of carbonyl (C=O) groups excluding carboxylic acids is 2. The van der Waals surface area contributed by atoms with Crippen LogP contribution < -0.4 is 5.32 Å². The Balaban J connectivity index is 1.15. The summed E-state index contributed by atoms with van der Waals surface area (Å²) in [5.41, 5.74) is 0. The summed E-state index contributed by atoms with van der Waals surface area (Å²) in [6.45, 7) is 3.97. The zero-order valence-corrected chi connectivity index (χ0v) is 23.4. The van der Waals surface area contributed by atoms with Gasteiger partial charge in [0.2, 0.25) is 11.8 Å². The van der Waals surface area contributed by atoms with Gasteiger partial charge in [-0.25, -0.2) is 8.42 Å². The third kappa shape index (κ3) is 8.19. The Morgan fingerprint density at radius 3 is 2.03 bits per heavy atom. The molecule has 2 amide bonds. The summed E-state index contributed by atoms with van der Waals surface area (Å²) in [7, 11) is -2.96. The van der Waals surface area contributed by atoms with Crippen LogP contribution in [0.5, 0.6) is 0 Å². The molecular formula is C29H50N2O4S. The molecule has 0 aromatic carbocycles. The lowest BCUT2D eigenvalue weighted by atomic mass is 9.83. The van der Waals surface area contributed by atoms with Crippen molar-refractivity contribution in [2.45, 2.75) is 127 Å². The number of sulfone groups is 1. The highest BCUT2D eigenvalue weighted by Crippen LogP contribution is 2.36. The van der Waals surface area contributed by atoms with Gasteiger partial charge in [0, 0.05) is 31.5 Å². The van der Waals surface area contributed by atoms with E-state index in [9.17, 15) is 18.0 Å². The first kappa shape index (κ1) is 27.9. The maximum Gasteiger partial charge on any atom is 0.225 e. The molecule has 0 aromatic rings. The van der Waals surface area contributed by atoms with Crippen LogP contribution in [-0.2, 0) is 19.4 Å². The molecule has 0 heterocycles.